The van der Waals surface area contributed by atoms with Crippen molar-refractivity contribution in [3.8, 4) is 0 Å². The van der Waals surface area contributed by atoms with Crippen LogP contribution in [-0.2, 0) is 0 Å². The van der Waals surface area contributed by atoms with Gasteiger partial charge in [-0.3, -0.25) is 4.90 Å². The SMILES string of the molecule is CCCCNC(=S)N1CCCN(CCO)CC1. The molecular formula is C12H25N3OS. The van der Waals surface area contributed by atoms with Crippen molar-refractivity contribution >= 4 is 17.3 Å². The van der Waals surface area contributed by atoms with E-state index >= 15 is 0 Å². The van der Waals surface area contributed by atoms with Gasteiger partial charge in [0.15, 0.2) is 5.11 Å². The topological polar surface area (TPSA) is 38.7 Å². The first-order valence-electron chi connectivity index (χ1n) is 6.64. The number of hydrogen-bond donors (Lipinski definition) is 2. The molecule has 0 aliphatic carbocycles. The van der Waals surface area contributed by atoms with Gasteiger partial charge in [0.05, 0.1) is 6.61 Å². The summed E-state index contributed by atoms with van der Waals surface area (Å²) >= 11 is 5.40. The van der Waals surface area contributed by atoms with E-state index in [0.29, 0.717) is 0 Å². The molecule has 4 nitrogen and oxygen atoms in total. The molecule has 0 spiro atoms. The van der Waals surface area contributed by atoms with Crippen LogP contribution in [0.5, 0.6) is 0 Å². The number of aliphatic hydroxyl groups excluding tert-OH is 1. The zero-order valence-electron chi connectivity index (χ0n) is 10.8. The van der Waals surface area contributed by atoms with Crippen molar-refractivity contribution in [3.05, 3.63) is 0 Å². The first kappa shape index (κ1) is 14.7. The van der Waals surface area contributed by atoms with Crippen LogP contribution in [0.2, 0.25) is 0 Å². The Balaban J connectivity index is 2.27. The number of nitrogens with zero attached hydrogens (tertiary/aromatic N) is 2. The highest BCUT2D eigenvalue weighted by atomic mass is 32.1. The summed E-state index contributed by atoms with van der Waals surface area (Å²) in [4.78, 5) is 4.55. The summed E-state index contributed by atoms with van der Waals surface area (Å²) < 4.78 is 0. The molecule has 0 amide bonds. The molecule has 1 heterocycles. The Bertz CT molecular complexity index is 226. The van der Waals surface area contributed by atoms with Gasteiger partial charge in [-0.2, -0.15) is 0 Å². The molecule has 0 radical (unpaired) electrons. The number of rotatable bonds is 5. The summed E-state index contributed by atoms with van der Waals surface area (Å²) in [5.74, 6) is 0. The number of β-amino-alcohol motifs (C(OH)–C–C–N with tert-alkyl or cyclic N) is 1. The maximum absolute atomic E-state index is 8.94. The normalized spacial score (nSPS) is 17.9. The summed E-state index contributed by atoms with van der Waals surface area (Å²) in [6.45, 7) is 8.25. The minimum absolute atomic E-state index is 0.249. The predicted octanol–water partition coefficient (Wildman–Crippen LogP) is 0.661. The third kappa shape index (κ3) is 5.66. The third-order valence-electron chi connectivity index (χ3n) is 3.10. The van der Waals surface area contributed by atoms with E-state index in [1.807, 2.05) is 0 Å². The molecule has 1 rings (SSSR count). The molecular weight excluding hydrogens is 234 g/mol. The van der Waals surface area contributed by atoms with Gasteiger partial charge in [0, 0.05) is 32.7 Å². The molecule has 5 heteroatoms. The Morgan fingerprint density at radius 1 is 1.29 bits per heavy atom. The summed E-state index contributed by atoms with van der Waals surface area (Å²) in [5, 5.41) is 13.1. The van der Waals surface area contributed by atoms with Crippen LogP contribution in [0, 0.1) is 0 Å². The van der Waals surface area contributed by atoms with Crippen LogP contribution in [0.3, 0.4) is 0 Å². The van der Waals surface area contributed by atoms with Crippen molar-refractivity contribution in [3.63, 3.8) is 0 Å². The number of unbranched alkanes of at least 4 members (excludes halogenated alkanes) is 1. The minimum atomic E-state index is 0.249. The van der Waals surface area contributed by atoms with Crippen LogP contribution < -0.4 is 5.32 Å². The van der Waals surface area contributed by atoms with Crippen molar-refractivity contribution in [2.45, 2.75) is 26.2 Å². The van der Waals surface area contributed by atoms with Gasteiger partial charge in [0.2, 0.25) is 0 Å². The molecule has 0 aromatic rings. The Morgan fingerprint density at radius 2 is 2.12 bits per heavy atom. The molecule has 0 saturated carbocycles. The highest BCUT2D eigenvalue weighted by Gasteiger charge is 2.15. The molecule has 0 atom stereocenters. The van der Waals surface area contributed by atoms with Gasteiger partial charge < -0.3 is 15.3 Å². The maximum atomic E-state index is 8.94. The number of hydrogen-bond acceptors (Lipinski definition) is 3. The number of nitrogens with one attached hydrogen (secondary N) is 1. The molecule has 0 bridgehead atoms. The highest BCUT2D eigenvalue weighted by molar-refractivity contribution is 7.80. The van der Waals surface area contributed by atoms with E-state index in [4.69, 9.17) is 17.3 Å². The molecule has 100 valence electrons. The molecule has 1 aliphatic heterocycles. The zero-order valence-corrected chi connectivity index (χ0v) is 11.6. The van der Waals surface area contributed by atoms with E-state index in [0.717, 1.165) is 50.8 Å². The lowest BCUT2D eigenvalue weighted by molar-refractivity contribution is 0.201. The van der Waals surface area contributed by atoms with Gasteiger partial charge in [0.25, 0.3) is 0 Å². The number of aliphatic hydroxyl groups is 1. The fourth-order valence-electron chi connectivity index (χ4n) is 2.02. The van der Waals surface area contributed by atoms with Crippen molar-refractivity contribution < 1.29 is 5.11 Å². The van der Waals surface area contributed by atoms with Crippen LogP contribution in [-0.4, -0.2) is 65.9 Å². The van der Waals surface area contributed by atoms with Crippen molar-refractivity contribution in [2.24, 2.45) is 0 Å². The third-order valence-corrected chi connectivity index (χ3v) is 3.50. The van der Waals surface area contributed by atoms with Gasteiger partial charge in [-0.25, -0.2) is 0 Å². The Kier molecular flexibility index (Phi) is 7.48. The maximum Gasteiger partial charge on any atom is 0.168 e. The van der Waals surface area contributed by atoms with Crippen LogP contribution in [0.15, 0.2) is 0 Å². The zero-order chi connectivity index (χ0) is 12.5. The summed E-state index contributed by atoms with van der Waals surface area (Å²) in [5.41, 5.74) is 0. The molecule has 2 N–H and O–H groups in total. The van der Waals surface area contributed by atoms with Crippen LogP contribution in [0.4, 0.5) is 0 Å². The minimum Gasteiger partial charge on any atom is -0.395 e. The van der Waals surface area contributed by atoms with E-state index in [1.54, 1.807) is 0 Å². The lowest BCUT2D eigenvalue weighted by atomic mass is 10.3. The molecule has 1 fully saturated rings. The highest BCUT2D eigenvalue weighted by Crippen LogP contribution is 2.03. The Labute approximate surface area is 110 Å². The van der Waals surface area contributed by atoms with Gasteiger partial charge in [-0.15, -0.1) is 0 Å². The van der Waals surface area contributed by atoms with Crippen LogP contribution in [0.1, 0.15) is 26.2 Å². The van der Waals surface area contributed by atoms with E-state index in [9.17, 15) is 0 Å². The lowest BCUT2D eigenvalue weighted by Crippen LogP contribution is -2.42. The Hall–Kier alpha value is -0.390. The molecule has 17 heavy (non-hydrogen) atoms. The van der Waals surface area contributed by atoms with Gasteiger partial charge in [-0.1, -0.05) is 13.3 Å². The largest absolute Gasteiger partial charge is 0.395 e. The molecule has 0 aromatic heterocycles. The summed E-state index contributed by atoms with van der Waals surface area (Å²) in [6, 6.07) is 0. The average Bonchev–Trinajstić information content (AvgIpc) is 2.55. The van der Waals surface area contributed by atoms with Gasteiger partial charge >= 0.3 is 0 Å². The van der Waals surface area contributed by atoms with Crippen LogP contribution in [0.25, 0.3) is 0 Å². The first-order valence-corrected chi connectivity index (χ1v) is 7.04. The van der Waals surface area contributed by atoms with E-state index < -0.39 is 0 Å². The Morgan fingerprint density at radius 3 is 2.82 bits per heavy atom. The second-order valence-electron chi connectivity index (χ2n) is 4.49. The monoisotopic (exact) mass is 259 g/mol. The first-order chi connectivity index (χ1) is 8.27. The van der Waals surface area contributed by atoms with Crippen LogP contribution >= 0.6 is 12.2 Å². The lowest BCUT2D eigenvalue weighted by Gasteiger charge is -2.24. The number of thiocarbonyl (C=S) groups is 1. The molecule has 0 aromatic carbocycles. The second-order valence-corrected chi connectivity index (χ2v) is 4.88. The second kappa shape index (κ2) is 8.66. The van der Waals surface area contributed by atoms with Crippen molar-refractivity contribution in [1.29, 1.82) is 0 Å². The molecule has 1 saturated heterocycles. The fraction of sp³-hybridized carbons (Fsp3) is 0.917. The van der Waals surface area contributed by atoms with Crippen molar-refractivity contribution in [2.75, 3.05) is 45.9 Å². The van der Waals surface area contributed by atoms with Crippen molar-refractivity contribution in [1.82, 2.24) is 15.1 Å². The van der Waals surface area contributed by atoms with Gasteiger partial charge in [-0.05, 0) is 31.6 Å². The predicted molar refractivity (Wildman–Crippen MR) is 75.2 cm³/mol. The van der Waals surface area contributed by atoms with Gasteiger partial charge in [0.1, 0.15) is 0 Å². The quantitative estimate of drug-likeness (QED) is 0.561. The van der Waals surface area contributed by atoms with E-state index in [1.165, 1.54) is 12.8 Å². The fourth-order valence-corrected chi connectivity index (χ4v) is 2.31. The molecule has 1 aliphatic rings. The summed E-state index contributed by atoms with van der Waals surface area (Å²) in [6.07, 6.45) is 3.49. The summed E-state index contributed by atoms with van der Waals surface area (Å²) in [7, 11) is 0. The molecule has 0 unspecified atom stereocenters. The van der Waals surface area contributed by atoms with E-state index in [2.05, 4.69) is 22.0 Å². The smallest absolute Gasteiger partial charge is 0.168 e. The van der Waals surface area contributed by atoms with E-state index in [-0.39, 0.29) is 6.61 Å². The standard InChI is InChI=1S/C12H25N3OS/c1-2-3-5-13-12(17)15-7-4-6-14(8-9-15)10-11-16/h16H,2-11H2,1H3,(H,13,17). The average molecular weight is 259 g/mol.